The molecule has 0 spiro atoms. The predicted octanol–water partition coefficient (Wildman–Crippen LogP) is 0.712. The summed E-state index contributed by atoms with van der Waals surface area (Å²) in [4.78, 5) is 23.9. The maximum Gasteiger partial charge on any atom is 0.354 e. The van der Waals surface area contributed by atoms with Crippen LogP contribution in [0.4, 0.5) is 11.4 Å². The second-order valence-corrected chi connectivity index (χ2v) is 4.98. The van der Waals surface area contributed by atoms with Gasteiger partial charge in [0, 0.05) is 33.5 Å². The highest BCUT2D eigenvalue weighted by Gasteiger charge is 2.16. The molecule has 0 saturated carbocycles. The van der Waals surface area contributed by atoms with E-state index in [1.807, 2.05) is 0 Å². The monoisotopic (exact) mass is 305 g/mol. The third kappa shape index (κ3) is 2.96. The number of nitrogens with one attached hydrogen (secondary N) is 1. The van der Waals surface area contributed by atoms with Gasteiger partial charge in [0.1, 0.15) is 11.4 Å². The molecule has 2 aromatic rings. The number of hydrogen-bond donors (Lipinski definition) is 2. The molecule has 0 radical (unpaired) electrons. The largest absolute Gasteiger partial charge is 0.464 e. The fraction of sp³-hybridized carbons (Fsp3) is 0.286. The molecule has 8 nitrogen and oxygen atoms in total. The third-order valence-electron chi connectivity index (χ3n) is 3.29. The van der Waals surface area contributed by atoms with Crippen LogP contribution >= 0.6 is 0 Å². The minimum absolute atomic E-state index is 0.294. The summed E-state index contributed by atoms with van der Waals surface area (Å²) in [5.74, 6) is 4.90. The molecule has 118 valence electrons. The highest BCUT2D eigenvalue weighted by molar-refractivity contribution is 6.04. The van der Waals surface area contributed by atoms with Crippen LogP contribution in [-0.4, -0.2) is 35.2 Å². The maximum absolute atomic E-state index is 12.3. The number of methoxy groups -OCH3 is 1. The van der Waals surface area contributed by atoms with Gasteiger partial charge in [0.05, 0.1) is 18.5 Å². The van der Waals surface area contributed by atoms with Crippen molar-refractivity contribution < 1.29 is 14.3 Å². The quantitative estimate of drug-likeness (QED) is 0.493. The lowest BCUT2D eigenvalue weighted by Crippen LogP contribution is -2.24. The zero-order valence-corrected chi connectivity index (χ0v) is 13.0. The first-order valence-corrected chi connectivity index (χ1v) is 6.54. The summed E-state index contributed by atoms with van der Waals surface area (Å²) in [6.45, 7) is 0. The summed E-state index contributed by atoms with van der Waals surface area (Å²) in [6.07, 6.45) is 3.39. The third-order valence-corrected chi connectivity index (χ3v) is 3.29. The number of amides is 1. The number of rotatable bonds is 4. The number of hydrazine groups is 1. The Balaban J connectivity index is 2.21. The summed E-state index contributed by atoms with van der Waals surface area (Å²) in [6, 6.07) is 3.24. The predicted molar refractivity (Wildman–Crippen MR) is 82.7 cm³/mol. The molecule has 0 bridgehead atoms. The van der Waals surface area contributed by atoms with Gasteiger partial charge in [0.15, 0.2) is 0 Å². The van der Waals surface area contributed by atoms with Gasteiger partial charge >= 0.3 is 5.97 Å². The minimum Gasteiger partial charge on any atom is -0.464 e. The highest BCUT2D eigenvalue weighted by Crippen LogP contribution is 2.18. The van der Waals surface area contributed by atoms with E-state index in [0.717, 1.165) is 5.69 Å². The lowest BCUT2D eigenvalue weighted by molar-refractivity contribution is 0.0590. The van der Waals surface area contributed by atoms with Crippen molar-refractivity contribution >= 4 is 23.3 Å². The Morgan fingerprint density at radius 1 is 1.18 bits per heavy atom. The number of carbonyl (C=O) groups is 2. The van der Waals surface area contributed by atoms with Crippen LogP contribution in [0.5, 0.6) is 0 Å². The number of nitrogens with two attached hydrogens (primary N) is 1. The zero-order chi connectivity index (χ0) is 16.4. The van der Waals surface area contributed by atoms with Crippen molar-refractivity contribution in [1.29, 1.82) is 0 Å². The van der Waals surface area contributed by atoms with Crippen LogP contribution in [0, 0.1) is 0 Å². The standard InChI is InChI=1S/C14H19N5O3/c1-17-7-9(5-12(17)14(21)22-4)16-13(20)11-6-10(19(3)15)8-18(11)2/h5-8H,15H2,1-4H3,(H,16,20). The van der Waals surface area contributed by atoms with Crippen LogP contribution in [0.25, 0.3) is 0 Å². The Kier molecular flexibility index (Phi) is 4.22. The van der Waals surface area contributed by atoms with Crippen molar-refractivity contribution in [3.8, 4) is 0 Å². The number of ether oxygens (including phenoxy) is 1. The zero-order valence-electron chi connectivity index (χ0n) is 13.0. The van der Waals surface area contributed by atoms with E-state index in [4.69, 9.17) is 5.84 Å². The van der Waals surface area contributed by atoms with Gasteiger partial charge in [0.25, 0.3) is 5.91 Å². The molecule has 0 aliphatic carbocycles. The summed E-state index contributed by atoms with van der Waals surface area (Å²) >= 11 is 0. The van der Waals surface area contributed by atoms with E-state index >= 15 is 0 Å². The molecule has 0 aliphatic heterocycles. The van der Waals surface area contributed by atoms with Gasteiger partial charge in [0.2, 0.25) is 0 Å². The SMILES string of the molecule is COC(=O)c1cc(NC(=O)c2cc(N(C)N)cn2C)cn1C. The first-order valence-electron chi connectivity index (χ1n) is 6.54. The Hall–Kier alpha value is -2.74. The molecular weight excluding hydrogens is 286 g/mol. The van der Waals surface area contributed by atoms with E-state index in [1.54, 1.807) is 54.8 Å². The van der Waals surface area contributed by atoms with Crippen LogP contribution in [0.3, 0.4) is 0 Å². The molecule has 2 heterocycles. The van der Waals surface area contributed by atoms with Crippen LogP contribution < -0.4 is 16.2 Å². The fourth-order valence-electron chi connectivity index (χ4n) is 2.10. The van der Waals surface area contributed by atoms with E-state index in [9.17, 15) is 9.59 Å². The molecule has 1 amide bonds. The molecule has 0 fully saturated rings. The molecule has 3 N–H and O–H groups in total. The van der Waals surface area contributed by atoms with E-state index in [2.05, 4.69) is 10.1 Å². The molecule has 2 aromatic heterocycles. The van der Waals surface area contributed by atoms with Crippen LogP contribution in [0.15, 0.2) is 24.5 Å². The number of anilines is 2. The lowest BCUT2D eigenvalue weighted by Gasteiger charge is -2.07. The average molecular weight is 305 g/mol. The molecule has 0 aromatic carbocycles. The minimum atomic E-state index is -0.464. The molecule has 2 rings (SSSR count). The summed E-state index contributed by atoms with van der Waals surface area (Å²) < 4.78 is 7.94. The van der Waals surface area contributed by atoms with E-state index in [-0.39, 0.29) is 5.91 Å². The highest BCUT2D eigenvalue weighted by atomic mass is 16.5. The van der Waals surface area contributed by atoms with Crippen molar-refractivity contribution in [2.24, 2.45) is 19.9 Å². The van der Waals surface area contributed by atoms with Crippen molar-refractivity contribution in [1.82, 2.24) is 9.13 Å². The van der Waals surface area contributed by atoms with Gasteiger partial charge in [-0.3, -0.25) is 4.79 Å². The molecule has 22 heavy (non-hydrogen) atoms. The summed E-state index contributed by atoms with van der Waals surface area (Å²) in [5.41, 5.74) is 2.04. The first kappa shape index (κ1) is 15.6. The van der Waals surface area contributed by atoms with E-state index in [0.29, 0.717) is 17.1 Å². The topological polar surface area (TPSA) is 94.5 Å². The van der Waals surface area contributed by atoms with Crippen molar-refractivity contribution in [3.63, 3.8) is 0 Å². The Labute approximate surface area is 128 Å². The van der Waals surface area contributed by atoms with Crippen molar-refractivity contribution in [2.75, 3.05) is 24.5 Å². The molecule has 0 aliphatic rings. The van der Waals surface area contributed by atoms with Gasteiger partial charge in [-0.1, -0.05) is 0 Å². The number of esters is 1. The van der Waals surface area contributed by atoms with Crippen molar-refractivity contribution in [3.05, 3.63) is 35.9 Å². The Bertz CT molecular complexity index is 714. The van der Waals surface area contributed by atoms with E-state index in [1.165, 1.54) is 12.1 Å². The molecule has 0 atom stereocenters. The molecule has 0 unspecified atom stereocenters. The summed E-state index contributed by atoms with van der Waals surface area (Å²) in [5, 5.41) is 4.17. The Morgan fingerprint density at radius 3 is 2.36 bits per heavy atom. The molecular formula is C14H19N5O3. The number of nitrogens with zero attached hydrogens (tertiary/aromatic N) is 3. The van der Waals surface area contributed by atoms with Crippen molar-refractivity contribution in [2.45, 2.75) is 0 Å². The second kappa shape index (κ2) is 5.94. The normalized spacial score (nSPS) is 10.4. The smallest absolute Gasteiger partial charge is 0.354 e. The van der Waals surface area contributed by atoms with Gasteiger partial charge in [-0.2, -0.15) is 0 Å². The second-order valence-electron chi connectivity index (χ2n) is 4.98. The van der Waals surface area contributed by atoms with Gasteiger partial charge < -0.3 is 24.2 Å². The number of carbonyl (C=O) groups excluding carboxylic acids is 2. The van der Waals surface area contributed by atoms with Crippen LogP contribution in [0.2, 0.25) is 0 Å². The Morgan fingerprint density at radius 2 is 1.82 bits per heavy atom. The number of aryl methyl sites for hydroxylation is 2. The number of hydrogen-bond acceptors (Lipinski definition) is 5. The lowest BCUT2D eigenvalue weighted by atomic mass is 10.3. The van der Waals surface area contributed by atoms with Gasteiger partial charge in [-0.25, -0.2) is 10.6 Å². The molecule has 8 heteroatoms. The van der Waals surface area contributed by atoms with Crippen LogP contribution in [-0.2, 0) is 18.8 Å². The van der Waals surface area contributed by atoms with E-state index < -0.39 is 5.97 Å². The summed E-state index contributed by atoms with van der Waals surface area (Å²) in [7, 11) is 6.46. The van der Waals surface area contributed by atoms with Gasteiger partial charge in [-0.15, -0.1) is 0 Å². The van der Waals surface area contributed by atoms with Gasteiger partial charge in [-0.05, 0) is 12.1 Å². The maximum atomic E-state index is 12.3. The average Bonchev–Trinajstić information content (AvgIpc) is 3.01. The van der Waals surface area contributed by atoms with Crippen LogP contribution in [0.1, 0.15) is 21.0 Å². The number of aromatic nitrogens is 2. The molecule has 0 saturated heterocycles. The fourth-order valence-corrected chi connectivity index (χ4v) is 2.10. The first-order chi connectivity index (χ1) is 10.3.